The van der Waals surface area contributed by atoms with Crippen LogP contribution in [0.1, 0.15) is 75.6 Å². The molecule has 1 rings (SSSR count). The van der Waals surface area contributed by atoms with Crippen LogP contribution in [0.25, 0.3) is 0 Å². The van der Waals surface area contributed by atoms with Crippen molar-refractivity contribution in [2.24, 2.45) is 0 Å². The molecule has 0 aliphatic heterocycles. The lowest BCUT2D eigenvalue weighted by Crippen LogP contribution is -2.32. The van der Waals surface area contributed by atoms with E-state index < -0.39 is 0 Å². The van der Waals surface area contributed by atoms with E-state index in [4.69, 9.17) is 0 Å². The number of rotatable bonds is 12. The fraction of sp³-hybridized carbons (Fsp3) is 0.550. The first-order chi connectivity index (χ1) is 11.5. The van der Waals surface area contributed by atoms with E-state index in [1.807, 2.05) is 25.1 Å². The van der Waals surface area contributed by atoms with Gasteiger partial charge >= 0.3 is 0 Å². The number of ketones is 2. The average Bonchev–Trinajstić information content (AvgIpc) is 2.58. The van der Waals surface area contributed by atoms with Crippen molar-refractivity contribution in [3.63, 3.8) is 0 Å². The maximum atomic E-state index is 12.0. The molecule has 0 bridgehead atoms. The molecule has 1 atom stereocenters. The molecule has 1 N–H and O–H groups in total. The molecule has 1 aromatic carbocycles. The lowest BCUT2D eigenvalue weighted by atomic mass is 10.0. The largest absolute Gasteiger partial charge is 0.350 e. The van der Waals surface area contributed by atoms with Crippen molar-refractivity contribution in [1.82, 2.24) is 5.32 Å². The quantitative estimate of drug-likeness (QED) is 0.627. The number of amides is 1. The van der Waals surface area contributed by atoms with Crippen LogP contribution in [-0.2, 0) is 9.59 Å². The number of benzene rings is 1. The first kappa shape index (κ1) is 20.1. The Balaban J connectivity index is 2.16. The van der Waals surface area contributed by atoms with Crippen LogP contribution in [-0.4, -0.2) is 23.5 Å². The lowest BCUT2D eigenvalue weighted by Gasteiger charge is -2.13. The zero-order chi connectivity index (χ0) is 17.8. The number of Topliss-reactive ketones (excluding diaryl/α,β-unsaturated/α-hetero) is 2. The van der Waals surface area contributed by atoms with Crippen LogP contribution in [0.3, 0.4) is 0 Å². The van der Waals surface area contributed by atoms with Gasteiger partial charge in [-0.1, -0.05) is 31.5 Å². The van der Waals surface area contributed by atoms with E-state index in [1.165, 1.54) is 0 Å². The molecule has 0 aliphatic carbocycles. The predicted octanol–water partition coefficient (Wildman–Crippen LogP) is 4.08. The van der Waals surface area contributed by atoms with Crippen molar-refractivity contribution >= 4 is 17.5 Å². The van der Waals surface area contributed by atoms with Crippen LogP contribution in [0.15, 0.2) is 30.3 Å². The number of carbonyl (C=O) groups excluding carboxylic acids is 3. The van der Waals surface area contributed by atoms with E-state index in [9.17, 15) is 14.4 Å². The van der Waals surface area contributed by atoms with Gasteiger partial charge in [-0.2, -0.15) is 0 Å². The van der Waals surface area contributed by atoms with Gasteiger partial charge in [0.1, 0.15) is 11.6 Å². The Hall–Kier alpha value is -1.97. The minimum absolute atomic E-state index is 0.0247. The monoisotopic (exact) mass is 331 g/mol. The third-order valence-corrected chi connectivity index (χ3v) is 4.00. The minimum atomic E-state index is -0.0871. The molecule has 0 saturated carbocycles. The Morgan fingerprint density at radius 1 is 0.917 bits per heavy atom. The molecule has 0 aliphatic rings. The summed E-state index contributed by atoms with van der Waals surface area (Å²) in [5.74, 6) is 0.242. The van der Waals surface area contributed by atoms with E-state index in [-0.39, 0.29) is 23.5 Å². The molecule has 1 amide bonds. The van der Waals surface area contributed by atoms with Gasteiger partial charge in [0.15, 0.2) is 0 Å². The Labute approximate surface area is 145 Å². The van der Waals surface area contributed by atoms with Gasteiger partial charge in [-0.05, 0) is 38.3 Å². The van der Waals surface area contributed by atoms with Crippen LogP contribution < -0.4 is 5.32 Å². The zero-order valence-electron chi connectivity index (χ0n) is 14.8. The second kappa shape index (κ2) is 11.5. The van der Waals surface area contributed by atoms with Gasteiger partial charge in [0.25, 0.3) is 5.91 Å². The summed E-state index contributed by atoms with van der Waals surface area (Å²) in [4.78, 5) is 35.4. The highest BCUT2D eigenvalue weighted by Crippen LogP contribution is 2.08. The van der Waals surface area contributed by atoms with Crippen molar-refractivity contribution in [3.8, 4) is 0 Å². The lowest BCUT2D eigenvalue weighted by molar-refractivity contribution is -0.124. The van der Waals surface area contributed by atoms with Gasteiger partial charge in [-0.3, -0.25) is 14.4 Å². The van der Waals surface area contributed by atoms with Gasteiger partial charge in [0, 0.05) is 37.3 Å². The van der Waals surface area contributed by atoms with Gasteiger partial charge in [-0.25, -0.2) is 0 Å². The standard InChI is InChI=1S/C20H29NO3/c1-3-4-12-18(22)14-15-19(23)13-8-9-16(2)21-20(24)17-10-6-5-7-11-17/h5-7,10-11,16H,3-4,8-9,12-15H2,1-2H3,(H,21,24). The summed E-state index contributed by atoms with van der Waals surface area (Å²) in [6.07, 6.45) is 5.20. The normalized spacial score (nSPS) is 11.8. The average molecular weight is 331 g/mol. The predicted molar refractivity (Wildman–Crippen MR) is 96.0 cm³/mol. The van der Waals surface area contributed by atoms with Crippen molar-refractivity contribution in [3.05, 3.63) is 35.9 Å². The van der Waals surface area contributed by atoms with Crippen LogP contribution in [0.4, 0.5) is 0 Å². The molecule has 0 spiro atoms. The Morgan fingerprint density at radius 3 is 2.08 bits per heavy atom. The highest BCUT2D eigenvalue weighted by Gasteiger charge is 2.11. The van der Waals surface area contributed by atoms with Crippen LogP contribution in [0, 0.1) is 0 Å². The summed E-state index contributed by atoms with van der Waals surface area (Å²) in [6, 6.07) is 9.12. The Kier molecular flexibility index (Phi) is 9.66. The Morgan fingerprint density at radius 2 is 1.50 bits per heavy atom. The molecule has 4 nitrogen and oxygen atoms in total. The minimum Gasteiger partial charge on any atom is -0.350 e. The second-order valence-electron chi connectivity index (χ2n) is 6.31. The highest BCUT2D eigenvalue weighted by atomic mass is 16.2. The summed E-state index contributed by atoms with van der Waals surface area (Å²) in [5.41, 5.74) is 0.644. The molecular weight excluding hydrogens is 302 g/mol. The van der Waals surface area contributed by atoms with Crippen molar-refractivity contribution in [2.45, 2.75) is 71.3 Å². The van der Waals surface area contributed by atoms with Crippen LogP contribution in [0.5, 0.6) is 0 Å². The zero-order valence-corrected chi connectivity index (χ0v) is 14.8. The summed E-state index contributed by atoms with van der Waals surface area (Å²) < 4.78 is 0. The maximum Gasteiger partial charge on any atom is 0.251 e. The first-order valence-corrected chi connectivity index (χ1v) is 8.92. The molecule has 1 unspecified atom stereocenters. The van der Waals surface area contributed by atoms with Crippen molar-refractivity contribution in [1.29, 1.82) is 0 Å². The fourth-order valence-corrected chi connectivity index (χ4v) is 2.48. The van der Waals surface area contributed by atoms with E-state index in [1.54, 1.807) is 12.1 Å². The summed E-state index contributed by atoms with van der Waals surface area (Å²) in [7, 11) is 0. The van der Waals surface area contributed by atoms with E-state index in [2.05, 4.69) is 12.2 Å². The number of nitrogens with one attached hydrogen (secondary N) is 1. The second-order valence-corrected chi connectivity index (χ2v) is 6.31. The maximum absolute atomic E-state index is 12.0. The van der Waals surface area contributed by atoms with E-state index >= 15 is 0 Å². The number of unbranched alkanes of at least 4 members (excludes halogenated alkanes) is 1. The fourth-order valence-electron chi connectivity index (χ4n) is 2.48. The molecule has 132 valence electrons. The molecule has 1 aromatic rings. The van der Waals surface area contributed by atoms with Gasteiger partial charge < -0.3 is 5.32 Å². The topological polar surface area (TPSA) is 63.2 Å². The van der Waals surface area contributed by atoms with E-state index in [0.29, 0.717) is 31.2 Å². The third kappa shape index (κ3) is 8.61. The number of carbonyl (C=O) groups is 3. The molecule has 0 radical (unpaired) electrons. The third-order valence-electron chi connectivity index (χ3n) is 4.00. The Bertz CT molecular complexity index is 525. The van der Waals surface area contributed by atoms with Crippen molar-refractivity contribution < 1.29 is 14.4 Å². The smallest absolute Gasteiger partial charge is 0.251 e. The number of hydrogen-bond acceptors (Lipinski definition) is 3. The first-order valence-electron chi connectivity index (χ1n) is 8.92. The molecule has 4 heteroatoms. The van der Waals surface area contributed by atoms with Gasteiger partial charge in [-0.15, -0.1) is 0 Å². The number of hydrogen-bond donors (Lipinski definition) is 1. The molecule has 0 heterocycles. The van der Waals surface area contributed by atoms with Gasteiger partial charge in [0.2, 0.25) is 0 Å². The highest BCUT2D eigenvalue weighted by molar-refractivity contribution is 5.94. The SMILES string of the molecule is CCCCC(=O)CCC(=O)CCCC(C)NC(=O)c1ccccc1. The van der Waals surface area contributed by atoms with Crippen LogP contribution in [0.2, 0.25) is 0 Å². The molecule has 0 aromatic heterocycles. The van der Waals surface area contributed by atoms with Gasteiger partial charge in [0.05, 0.1) is 0 Å². The van der Waals surface area contributed by atoms with E-state index in [0.717, 1.165) is 25.7 Å². The molecular formula is C20H29NO3. The molecule has 0 saturated heterocycles. The van der Waals surface area contributed by atoms with Crippen molar-refractivity contribution in [2.75, 3.05) is 0 Å². The summed E-state index contributed by atoms with van der Waals surface area (Å²) in [6.45, 7) is 4.00. The molecule has 24 heavy (non-hydrogen) atoms. The summed E-state index contributed by atoms with van der Waals surface area (Å²) >= 11 is 0. The molecule has 0 fully saturated rings. The summed E-state index contributed by atoms with van der Waals surface area (Å²) in [5, 5.41) is 2.94. The van der Waals surface area contributed by atoms with Crippen LogP contribution >= 0.6 is 0 Å².